The molecule has 0 aliphatic heterocycles. The van der Waals surface area contributed by atoms with Crippen LogP contribution in [-0.4, -0.2) is 23.5 Å². The van der Waals surface area contributed by atoms with E-state index in [-0.39, 0.29) is 6.03 Å². The van der Waals surface area contributed by atoms with E-state index in [2.05, 4.69) is 71.5 Å². The molecule has 0 aliphatic rings. The molecule has 140 valence electrons. The van der Waals surface area contributed by atoms with E-state index in [4.69, 9.17) is 0 Å². The van der Waals surface area contributed by atoms with E-state index in [1.807, 2.05) is 24.3 Å². The molecule has 0 saturated heterocycles. The Kier molecular flexibility index (Phi) is 5.81. The monoisotopic (exact) mass is 379 g/mol. The molecule has 0 aliphatic carbocycles. The first kappa shape index (κ1) is 19.0. The molecule has 1 heterocycles. The Hall–Kier alpha value is -2.79. The topological polar surface area (TPSA) is 54.0 Å². The largest absolute Gasteiger partial charge is 0.334 e. The van der Waals surface area contributed by atoms with Gasteiger partial charge in [-0.2, -0.15) is 10.0 Å². The molecule has 2 amide bonds. The molecule has 0 saturated carbocycles. The molecule has 0 fully saturated rings. The summed E-state index contributed by atoms with van der Waals surface area (Å²) in [5, 5.41) is 5.72. The lowest BCUT2D eigenvalue weighted by atomic mass is 10.2. The Balaban J connectivity index is 1.63. The molecule has 0 bridgehead atoms. The number of rotatable bonds is 5. The smallest absolute Gasteiger partial charge is 0.319 e. The van der Waals surface area contributed by atoms with Gasteiger partial charge in [0.25, 0.3) is 0 Å². The van der Waals surface area contributed by atoms with Gasteiger partial charge in [0.15, 0.2) is 0 Å². The van der Waals surface area contributed by atoms with Gasteiger partial charge < -0.3 is 10.6 Å². The zero-order valence-electron chi connectivity index (χ0n) is 15.9. The fourth-order valence-electron chi connectivity index (χ4n) is 2.81. The number of hydrogen-bond acceptors (Lipinski definition) is 2. The molecule has 0 radical (unpaired) electrons. The minimum atomic E-state index is -1.09. The summed E-state index contributed by atoms with van der Waals surface area (Å²) in [5.74, 6) is 0. The SMILES string of the molecule is Cc1cccc(S(C)(C)c2ccc(NC(=O)NCc3cccnc3)cc2)c1. The quantitative estimate of drug-likeness (QED) is 0.641. The van der Waals surface area contributed by atoms with Crippen molar-refractivity contribution in [3.63, 3.8) is 0 Å². The molecule has 5 heteroatoms. The maximum Gasteiger partial charge on any atom is 0.319 e. The van der Waals surface area contributed by atoms with Crippen LogP contribution in [0.3, 0.4) is 0 Å². The fraction of sp³-hybridized carbons (Fsp3) is 0.182. The molecular formula is C22H25N3OS. The minimum Gasteiger partial charge on any atom is -0.334 e. The number of anilines is 1. The molecule has 27 heavy (non-hydrogen) atoms. The number of aryl methyl sites for hydroxylation is 1. The number of carbonyl (C=O) groups is 1. The fourth-order valence-corrected chi connectivity index (χ4v) is 4.80. The lowest BCUT2D eigenvalue weighted by Gasteiger charge is -2.32. The minimum absolute atomic E-state index is 0.225. The molecule has 0 atom stereocenters. The van der Waals surface area contributed by atoms with E-state index in [1.54, 1.807) is 12.4 Å². The van der Waals surface area contributed by atoms with Crippen LogP contribution in [-0.2, 0) is 6.54 Å². The van der Waals surface area contributed by atoms with Crippen molar-refractivity contribution < 1.29 is 4.79 Å². The van der Waals surface area contributed by atoms with Gasteiger partial charge in [0.1, 0.15) is 0 Å². The first-order valence-electron chi connectivity index (χ1n) is 8.79. The summed E-state index contributed by atoms with van der Waals surface area (Å²) in [6.45, 7) is 2.57. The summed E-state index contributed by atoms with van der Waals surface area (Å²) in [6, 6.07) is 20.4. The predicted molar refractivity (Wildman–Crippen MR) is 114 cm³/mol. The van der Waals surface area contributed by atoms with Gasteiger partial charge in [0.05, 0.1) is 0 Å². The number of benzene rings is 2. The summed E-state index contributed by atoms with van der Waals surface area (Å²) < 4.78 is 0. The lowest BCUT2D eigenvalue weighted by molar-refractivity contribution is 0.251. The van der Waals surface area contributed by atoms with Crippen LogP contribution >= 0.6 is 10.0 Å². The molecule has 1 aromatic heterocycles. The van der Waals surface area contributed by atoms with Crippen molar-refractivity contribution in [2.45, 2.75) is 23.3 Å². The molecule has 3 aromatic rings. The maximum atomic E-state index is 12.1. The van der Waals surface area contributed by atoms with Crippen molar-refractivity contribution in [2.75, 3.05) is 17.8 Å². The van der Waals surface area contributed by atoms with Gasteiger partial charge in [-0.05, 0) is 77.3 Å². The van der Waals surface area contributed by atoms with Crippen LogP contribution < -0.4 is 10.6 Å². The van der Waals surface area contributed by atoms with Crippen molar-refractivity contribution in [3.05, 3.63) is 84.2 Å². The van der Waals surface area contributed by atoms with Crippen LogP contribution in [0.25, 0.3) is 0 Å². The number of pyridine rings is 1. The van der Waals surface area contributed by atoms with Crippen molar-refractivity contribution in [2.24, 2.45) is 0 Å². The maximum absolute atomic E-state index is 12.1. The first-order chi connectivity index (χ1) is 12.9. The second kappa shape index (κ2) is 8.27. The molecule has 0 unspecified atom stereocenters. The Morgan fingerprint density at radius 3 is 2.44 bits per heavy atom. The molecule has 2 aromatic carbocycles. The van der Waals surface area contributed by atoms with Gasteiger partial charge in [0, 0.05) is 24.6 Å². The molecule has 4 nitrogen and oxygen atoms in total. The number of carbonyl (C=O) groups excluding carboxylic acids is 1. The zero-order valence-corrected chi connectivity index (χ0v) is 16.7. The number of urea groups is 1. The summed E-state index contributed by atoms with van der Waals surface area (Å²) in [5.41, 5.74) is 3.02. The number of hydrogen-bond donors (Lipinski definition) is 2. The van der Waals surface area contributed by atoms with Gasteiger partial charge in [-0.15, -0.1) is 0 Å². The number of amides is 2. The second-order valence-corrected chi connectivity index (χ2v) is 10.4. The molecule has 0 spiro atoms. The van der Waals surface area contributed by atoms with Crippen LogP contribution in [0.4, 0.5) is 10.5 Å². The lowest BCUT2D eigenvalue weighted by Crippen LogP contribution is -2.28. The highest BCUT2D eigenvalue weighted by Gasteiger charge is 2.17. The zero-order chi connectivity index (χ0) is 19.3. The van der Waals surface area contributed by atoms with Gasteiger partial charge >= 0.3 is 6.03 Å². The van der Waals surface area contributed by atoms with E-state index in [0.29, 0.717) is 6.54 Å². The van der Waals surface area contributed by atoms with Gasteiger partial charge in [-0.1, -0.05) is 23.8 Å². The summed E-state index contributed by atoms with van der Waals surface area (Å²) >= 11 is 0. The van der Waals surface area contributed by atoms with Crippen molar-refractivity contribution in [3.8, 4) is 0 Å². The third-order valence-electron chi connectivity index (χ3n) is 4.46. The van der Waals surface area contributed by atoms with Gasteiger partial charge in [-0.3, -0.25) is 4.98 Å². The van der Waals surface area contributed by atoms with Crippen LogP contribution in [0.2, 0.25) is 0 Å². The normalized spacial score (nSPS) is 11.7. The van der Waals surface area contributed by atoms with Crippen LogP contribution in [0.15, 0.2) is 82.8 Å². The molecular weight excluding hydrogens is 354 g/mol. The Labute approximate surface area is 162 Å². The van der Waals surface area contributed by atoms with Crippen LogP contribution in [0, 0.1) is 6.92 Å². The van der Waals surface area contributed by atoms with Crippen LogP contribution in [0.5, 0.6) is 0 Å². The second-order valence-electron chi connectivity index (χ2n) is 6.84. The van der Waals surface area contributed by atoms with Crippen LogP contribution in [0.1, 0.15) is 11.1 Å². The van der Waals surface area contributed by atoms with E-state index >= 15 is 0 Å². The van der Waals surface area contributed by atoms with E-state index in [0.717, 1.165) is 11.3 Å². The Morgan fingerprint density at radius 1 is 1.00 bits per heavy atom. The summed E-state index contributed by atoms with van der Waals surface area (Å²) in [4.78, 5) is 18.8. The average Bonchev–Trinajstić information content (AvgIpc) is 2.68. The first-order valence-corrected chi connectivity index (χ1v) is 11.2. The van der Waals surface area contributed by atoms with E-state index < -0.39 is 10.0 Å². The highest BCUT2D eigenvalue weighted by Crippen LogP contribution is 2.56. The summed E-state index contributed by atoms with van der Waals surface area (Å²) in [6.07, 6.45) is 8.05. The Bertz CT molecular complexity index is 908. The van der Waals surface area contributed by atoms with Crippen molar-refractivity contribution in [1.29, 1.82) is 0 Å². The van der Waals surface area contributed by atoms with Gasteiger partial charge in [-0.25, -0.2) is 4.79 Å². The van der Waals surface area contributed by atoms with Crippen molar-refractivity contribution >= 4 is 21.7 Å². The highest BCUT2D eigenvalue weighted by atomic mass is 32.3. The molecule has 3 rings (SSSR count). The third kappa shape index (κ3) is 4.89. The summed E-state index contributed by atoms with van der Waals surface area (Å²) in [7, 11) is -1.09. The van der Waals surface area contributed by atoms with Gasteiger partial charge in [0.2, 0.25) is 0 Å². The van der Waals surface area contributed by atoms with Crippen molar-refractivity contribution in [1.82, 2.24) is 10.3 Å². The average molecular weight is 380 g/mol. The predicted octanol–water partition coefficient (Wildman–Crippen LogP) is 5.19. The number of nitrogens with zero attached hydrogens (tertiary/aromatic N) is 1. The number of nitrogens with one attached hydrogen (secondary N) is 2. The third-order valence-corrected chi connectivity index (χ3v) is 7.34. The highest BCUT2D eigenvalue weighted by molar-refractivity contribution is 8.32. The Morgan fingerprint density at radius 2 is 1.78 bits per heavy atom. The number of aromatic nitrogens is 1. The van der Waals surface area contributed by atoms with E-state index in [9.17, 15) is 4.79 Å². The molecule has 2 N–H and O–H groups in total. The standard InChI is InChI=1S/C22H25N3OS/c1-17-6-4-8-21(14-17)27(2,3)20-11-9-19(10-12-20)25-22(26)24-16-18-7-5-13-23-15-18/h4-15H,16H2,1-3H3,(H2,24,25,26). The van der Waals surface area contributed by atoms with E-state index in [1.165, 1.54) is 15.4 Å².